The van der Waals surface area contributed by atoms with Gasteiger partial charge in [0.2, 0.25) is 5.82 Å². The third-order valence-electron chi connectivity index (χ3n) is 2.72. The number of ether oxygens (including phenoxy) is 1. The molecule has 0 aliphatic heterocycles. The summed E-state index contributed by atoms with van der Waals surface area (Å²) in [4.78, 5) is 9.81. The molecular formula is C11H6F5N3O3. The molecule has 6 nitrogen and oxygen atoms in total. The molecule has 11 heteroatoms. The monoisotopic (exact) mass is 323 g/mol. The zero-order valence-electron chi connectivity index (χ0n) is 10.7. The van der Waals surface area contributed by atoms with Crippen molar-refractivity contribution in [2.75, 3.05) is 7.11 Å². The Bertz CT molecular complexity index is 733. The highest BCUT2D eigenvalue weighted by molar-refractivity contribution is 5.38. The number of rotatable bonds is 4. The highest BCUT2D eigenvalue weighted by atomic mass is 19.2. The number of halogens is 5. The van der Waals surface area contributed by atoms with Crippen LogP contribution in [-0.4, -0.2) is 21.8 Å². The predicted octanol–water partition coefficient (Wildman–Crippen LogP) is 2.54. The molecule has 2 aromatic rings. The molecule has 118 valence electrons. The van der Waals surface area contributed by atoms with Crippen LogP contribution in [-0.2, 0) is 6.54 Å². The zero-order valence-corrected chi connectivity index (χ0v) is 10.7. The lowest BCUT2D eigenvalue weighted by Crippen LogP contribution is -2.11. The molecule has 0 fully saturated rings. The van der Waals surface area contributed by atoms with Gasteiger partial charge in [0, 0.05) is 0 Å². The van der Waals surface area contributed by atoms with Gasteiger partial charge in [-0.3, -0.25) is 14.8 Å². The van der Waals surface area contributed by atoms with Crippen molar-refractivity contribution in [1.29, 1.82) is 0 Å². The lowest BCUT2D eigenvalue weighted by Gasteiger charge is -2.07. The van der Waals surface area contributed by atoms with Crippen LogP contribution in [0.15, 0.2) is 6.20 Å². The van der Waals surface area contributed by atoms with E-state index in [2.05, 4.69) is 9.84 Å². The largest absolute Gasteiger partial charge is 0.475 e. The molecule has 0 atom stereocenters. The van der Waals surface area contributed by atoms with E-state index >= 15 is 0 Å². The lowest BCUT2D eigenvalue weighted by molar-refractivity contribution is -0.385. The quantitative estimate of drug-likeness (QED) is 0.285. The van der Waals surface area contributed by atoms with Crippen molar-refractivity contribution in [3.05, 3.63) is 51.0 Å². The van der Waals surface area contributed by atoms with E-state index in [4.69, 9.17) is 0 Å². The maximum Gasteiger partial charge on any atom is 0.350 e. The minimum absolute atomic E-state index is 0.464. The van der Waals surface area contributed by atoms with Gasteiger partial charge < -0.3 is 4.74 Å². The Hall–Kier alpha value is -2.72. The normalized spacial score (nSPS) is 10.8. The third kappa shape index (κ3) is 2.44. The van der Waals surface area contributed by atoms with Gasteiger partial charge in [0.15, 0.2) is 23.3 Å². The van der Waals surface area contributed by atoms with Crippen molar-refractivity contribution in [2.24, 2.45) is 0 Å². The summed E-state index contributed by atoms with van der Waals surface area (Å²) in [5.74, 6) is -11.0. The average Bonchev–Trinajstić information content (AvgIpc) is 2.91. The van der Waals surface area contributed by atoms with E-state index in [1.807, 2.05) is 0 Å². The first-order valence-electron chi connectivity index (χ1n) is 5.54. The predicted molar refractivity (Wildman–Crippen MR) is 60.8 cm³/mol. The van der Waals surface area contributed by atoms with Crippen molar-refractivity contribution in [3.8, 4) is 5.88 Å². The Morgan fingerprint density at radius 3 is 2.05 bits per heavy atom. The standard InChI is InChI=1S/C11H6F5N3O3/c1-22-11-5(19(20)21)3-18(17-11)2-4-6(12)8(14)10(16)9(15)7(4)13/h3H,2H2,1H3. The second-order valence-corrected chi connectivity index (χ2v) is 4.03. The summed E-state index contributed by atoms with van der Waals surface area (Å²) in [5.41, 5.74) is -1.79. The first kappa shape index (κ1) is 15.7. The van der Waals surface area contributed by atoms with Crippen molar-refractivity contribution < 1.29 is 31.6 Å². The molecule has 0 bridgehead atoms. The van der Waals surface area contributed by atoms with E-state index in [1.54, 1.807) is 0 Å². The van der Waals surface area contributed by atoms with Gasteiger partial charge >= 0.3 is 11.6 Å². The Labute approximate surface area is 118 Å². The number of nitro groups is 1. The molecule has 1 aromatic heterocycles. The molecule has 0 saturated heterocycles. The zero-order chi connectivity index (χ0) is 16.6. The minimum Gasteiger partial charge on any atom is -0.475 e. The van der Waals surface area contributed by atoms with Gasteiger partial charge in [0.1, 0.15) is 6.20 Å². The summed E-state index contributed by atoms with van der Waals surface area (Å²) in [6, 6.07) is 0. The van der Waals surface area contributed by atoms with Crippen molar-refractivity contribution in [1.82, 2.24) is 9.78 Å². The molecule has 1 aromatic carbocycles. The summed E-state index contributed by atoms with van der Waals surface area (Å²) in [7, 11) is 1.07. The van der Waals surface area contributed by atoms with Gasteiger partial charge in [-0.2, -0.15) is 0 Å². The Balaban J connectivity index is 2.50. The van der Waals surface area contributed by atoms with E-state index in [0.29, 0.717) is 4.68 Å². The molecule has 0 radical (unpaired) electrons. The highest BCUT2D eigenvalue weighted by Crippen LogP contribution is 2.27. The molecule has 0 aliphatic carbocycles. The van der Waals surface area contributed by atoms with E-state index < -0.39 is 57.7 Å². The molecule has 0 spiro atoms. The van der Waals surface area contributed by atoms with Crippen LogP contribution in [0.5, 0.6) is 5.88 Å². The van der Waals surface area contributed by atoms with Crippen LogP contribution in [0, 0.1) is 39.2 Å². The number of aromatic nitrogens is 2. The molecular weight excluding hydrogens is 317 g/mol. The fraction of sp³-hybridized carbons (Fsp3) is 0.182. The maximum absolute atomic E-state index is 13.5. The third-order valence-corrected chi connectivity index (χ3v) is 2.72. The van der Waals surface area contributed by atoms with Crippen molar-refractivity contribution >= 4 is 5.69 Å². The smallest absolute Gasteiger partial charge is 0.350 e. The topological polar surface area (TPSA) is 70.2 Å². The second-order valence-electron chi connectivity index (χ2n) is 4.03. The number of nitrogens with zero attached hydrogens (tertiary/aromatic N) is 3. The van der Waals surface area contributed by atoms with Gasteiger partial charge in [-0.05, 0) is 0 Å². The lowest BCUT2D eigenvalue weighted by atomic mass is 10.1. The van der Waals surface area contributed by atoms with Gasteiger partial charge in [0.25, 0.3) is 0 Å². The summed E-state index contributed by atoms with van der Waals surface area (Å²) in [5, 5.41) is 14.2. The Morgan fingerprint density at radius 2 is 1.64 bits per heavy atom. The molecule has 1 heterocycles. The summed E-state index contributed by atoms with van der Waals surface area (Å²) in [6.45, 7) is -0.907. The fourth-order valence-corrected chi connectivity index (χ4v) is 1.70. The van der Waals surface area contributed by atoms with Gasteiger partial charge in [-0.25, -0.2) is 22.0 Å². The number of methoxy groups -OCH3 is 1. The van der Waals surface area contributed by atoms with Crippen LogP contribution in [0.3, 0.4) is 0 Å². The fourth-order valence-electron chi connectivity index (χ4n) is 1.70. The highest BCUT2D eigenvalue weighted by Gasteiger charge is 2.27. The molecule has 0 unspecified atom stereocenters. The number of hydrogen-bond acceptors (Lipinski definition) is 4. The molecule has 0 N–H and O–H groups in total. The number of benzene rings is 1. The summed E-state index contributed by atoms with van der Waals surface area (Å²) < 4.78 is 71.3. The molecule has 22 heavy (non-hydrogen) atoms. The van der Waals surface area contributed by atoms with E-state index in [1.165, 1.54) is 0 Å². The molecule has 0 amide bonds. The van der Waals surface area contributed by atoms with Crippen LogP contribution in [0.2, 0.25) is 0 Å². The molecule has 0 saturated carbocycles. The van der Waals surface area contributed by atoms with E-state index in [-0.39, 0.29) is 0 Å². The van der Waals surface area contributed by atoms with Gasteiger partial charge in [0.05, 0.1) is 24.1 Å². The van der Waals surface area contributed by atoms with Crippen LogP contribution < -0.4 is 4.74 Å². The Kier molecular flexibility index (Phi) is 3.97. The van der Waals surface area contributed by atoms with E-state index in [9.17, 15) is 32.1 Å². The molecule has 2 rings (SSSR count). The minimum atomic E-state index is -2.29. The summed E-state index contributed by atoms with van der Waals surface area (Å²) in [6.07, 6.45) is 0.747. The summed E-state index contributed by atoms with van der Waals surface area (Å²) >= 11 is 0. The van der Waals surface area contributed by atoms with Crippen LogP contribution in [0.4, 0.5) is 27.6 Å². The maximum atomic E-state index is 13.5. The first-order chi connectivity index (χ1) is 10.3. The van der Waals surface area contributed by atoms with Gasteiger partial charge in [-0.15, -0.1) is 5.10 Å². The Morgan fingerprint density at radius 1 is 1.14 bits per heavy atom. The second kappa shape index (κ2) is 5.58. The van der Waals surface area contributed by atoms with Crippen LogP contribution in [0.1, 0.15) is 5.56 Å². The van der Waals surface area contributed by atoms with Gasteiger partial charge in [-0.1, -0.05) is 0 Å². The van der Waals surface area contributed by atoms with Crippen LogP contribution in [0.25, 0.3) is 0 Å². The average molecular weight is 323 g/mol. The van der Waals surface area contributed by atoms with E-state index in [0.717, 1.165) is 13.3 Å². The SMILES string of the molecule is COc1nn(Cc2c(F)c(F)c(F)c(F)c2F)cc1[N+](=O)[O-]. The van der Waals surface area contributed by atoms with Crippen molar-refractivity contribution in [3.63, 3.8) is 0 Å². The first-order valence-corrected chi connectivity index (χ1v) is 5.54. The van der Waals surface area contributed by atoms with Crippen molar-refractivity contribution in [2.45, 2.75) is 6.54 Å². The van der Waals surface area contributed by atoms with Crippen LogP contribution >= 0.6 is 0 Å². The number of hydrogen-bond donors (Lipinski definition) is 0. The molecule has 0 aliphatic rings.